The minimum Gasteiger partial charge on any atom is -0.398 e. The SMILES string of the molecule is Cc1cc(C(=O)C[C@H](Sc2ccccc2N)c2c(F)cccc2Cl)ccc1Cl. The molecule has 3 aromatic rings. The topological polar surface area (TPSA) is 43.1 Å². The number of anilines is 1. The lowest BCUT2D eigenvalue weighted by Gasteiger charge is -2.19. The molecule has 6 heteroatoms. The molecular weight excluding hydrogens is 416 g/mol. The van der Waals surface area contributed by atoms with Gasteiger partial charge in [-0.1, -0.05) is 41.4 Å². The van der Waals surface area contributed by atoms with Crippen LogP contribution in [0.2, 0.25) is 10.0 Å². The van der Waals surface area contributed by atoms with E-state index in [-0.39, 0.29) is 17.2 Å². The Balaban J connectivity index is 1.97. The molecule has 0 amide bonds. The zero-order valence-electron chi connectivity index (χ0n) is 15.1. The molecule has 0 aliphatic carbocycles. The maximum atomic E-state index is 14.6. The number of rotatable bonds is 6. The van der Waals surface area contributed by atoms with Crippen LogP contribution in [0, 0.1) is 12.7 Å². The Labute approximate surface area is 177 Å². The number of para-hydroxylation sites is 1. The second kappa shape index (κ2) is 8.99. The Morgan fingerprint density at radius 1 is 1.07 bits per heavy atom. The summed E-state index contributed by atoms with van der Waals surface area (Å²) in [4.78, 5) is 13.7. The van der Waals surface area contributed by atoms with Gasteiger partial charge in [-0.05, 0) is 55.0 Å². The van der Waals surface area contributed by atoms with E-state index < -0.39 is 11.1 Å². The number of hydrogen-bond donors (Lipinski definition) is 1. The molecule has 2 nitrogen and oxygen atoms in total. The second-order valence-corrected chi connectivity index (χ2v) is 8.43. The Morgan fingerprint density at radius 2 is 1.82 bits per heavy atom. The predicted molar refractivity (Wildman–Crippen MR) is 116 cm³/mol. The van der Waals surface area contributed by atoms with Crippen molar-refractivity contribution in [1.82, 2.24) is 0 Å². The van der Waals surface area contributed by atoms with Crippen LogP contribution in [-0.2, 0) is 0 Å². The zero-order chi connectivity index (χ0) is 20.3. The van der Waals surface area contributed by atoms with Gasteiger partial charge in [0, 0.05) is 43.4 Å². The lowest BCUT2D eigenvalue weighted by atomic mass is 10.0. The number of thioether (sulfide) groups is 1. The van der Waals surface area contributed by atoms with Gasteiger partial charge in [-0.2, -0.15) is 0 Å². The van der Waals surface area contributed by atoms with Crippen molar-refractivity contribution < 1.29 is 9.18 Å². The molecule has 0 unspecified atom stereocenters. The molecule has 0 bridgehead atoms. The molecule has 0 heterocycles. The van der Waals surface area contributed by atoms with E-state index in [1.54, 1.807) is 36.4 Å². The molecule has 2 N–H and O–H groups in total. The van der Waals surface area contributed by atoms with Crippen LogP contribution in [0.5, 0.6) is 0 Å². The number of halogens is 3. The van der Waals surface area contributed by atoms with E-state index in [4.69, 9.17) is 28.9 Å². The fourth-order valence-corrected chi connectivity index (χ4v) is 4.60. The molecule has 0 aliphatic heterocycles. The molecule has 3 rings (SSSR count). The van der Waals surface area contributed by atoms with E-state index in [0.29, 0.717) is 21.8 Å². The monoisotopic (exact) mass is 433 g/mol. The van der Waals surface area contributed by atoms with Gasteiger partial charge in [-0.25, -0.2) is 4.39 Å². The highest BCUT2D eigenvalue weighted by molar-refractivity contribution is 7.99. The van der Waals surface area contributed by atoms with Gasteiger partial charge >= 0.3 is 0 Å². The predicted octanol–water partition coefficient (Wildman–Crippen LogP) is 7.13. The molecular formula is C22H18Cl2FNOS. The standard InChI is InChI=1S/C22H18Cl2FNOS/c1-13-11-14(9-10-15(13)23)19(27)12-21(22-16(24)5-4-6-17(22)25)28-20-8-3-2-7-18(20)26/h2-11,21H,12,26H2,1H3/t21-/m0/s1. The number of carbonyl (C=O) groups is 1. The summed E-state index contributed by atoms with van der Waals surface area (Å²) < 4.78 is 14.6. The molecule has 3 aromatic carbocycles. The minimum absolute atomic E-state index is 0.0702. The maximum Gasteiger partial charge on any atom is 0.164 e. The number of nitrogen functional groups attached to an aromatic ring is 1. The average Bonchev–Trinajstić information content (AvgIpc) is 2.65. The largest absolute Gasteiger partial charge is 0.398 e. The van der Waals surface area contributed by atoms with Crippen molar-refractivity contribution in [2.45, 2.75) is 23.5 Å². The molecule has 0 aliphatic rings. The molecule has 1 atom stereocenters. The van der Waals surface area contributed by atoms with Crippen molar-refractivity contribution in [3.8, 4) is 0 Å². The first-order valence-electron chi connectivity index (χ1n) is 8.61. The summed E-state index contributed by atoms with van der Waals surface area (Å²) in [5.41, 5.74) is 8.27. The first-order valence-corrected chi connectivity index (χ1v) is 10.2. The van der Waals surface area contributed by atoms with E-state index in [2.05, 4.69) is 0 Å². The van der Waals surface area contributed by atoms with Crippen LogP contribution in [0.1, 0.15) is 33.2 Å². The van der Waals surface area contributed by atoms with Crippen molar-refractivity contribution in [2.75, 3.05) is 5.73 Å². The molecule has 0 aromatic heterocycles. The van der Waals surface area contributed by atoms with Crippen LogP contribution in [0.4, 0.5) is 10.1 Å². The fraction of sp³-hybridized carbons (Fsp3) is 0.136. The van der Waals surface area contributed by atoms with Crippen molar-refractivity contribution in [3.05, 3.63) is 93.2 Å². The maximum absolute atomic E-state index is 14.6. The molecule has 0 radical (unpaired) electrons. The molecule has 0 fully saturated rings. The van der Waals surface area contributed by atoms with Crippen LogP contribution in [-0.4, -0.2) is 5.78 Å². The summed E-state index contributed by atoms with van der Waals surface area (Å²) in [5, 5.41) is 0.352. The molecule has 0 saturated carbocycles. The van der Waals surface area contributed by atoms with Gasteiger partial charge in [-0.3, -0.25) is 4.79 Å². The Kier molecular flexibility index (Phi) is 6.65. The summed E-state index contributed by atoms with van der Waals surface area (Å²) >= 11 is 13.7. The van der Waals surface area contributed by atoms with Gasteiger partial charge < -0.3 is 5.73 Å². The molecule has 144 valence electrons. The minimum atomic E-state index is -0.526. The third-order valence-electron chi connectivity index (χ3n) is 4.36. The summed E-state index contributed by atoms with van der Waals surface area (Å²) in [6, 6.07) is 16.9. The second-order valence-electron chi connectivity index (χ2n) is 6.37. The summed E-state index contributed by atoms with van der Waals surface area (Å²) in [7, 11) is 0. The first kappa shape index (κ1) is 20.7. The molecule has 28 heavy (non-hydrogen) atoms. The lowest BCUT2D eigenvalue weighted by molar-refractivity contribution is 0.0981. The van der Waals surface area contributed by atoms with Crippen molar-refractivity contribution in [3.63, 3.8) is 0 Å². The van der Waals surface area contributed by atoms with Crippen molar-refractivity contribution in [1.29, 1.82) is 0 Å². The Hall–Kier alpha value is -2.01. The zero-order valence-corrected chi connectivity index (χ0v) is 17.4. The van der Waals surface area contributed by atoms with Gasteiger partial charge in [0.05, 0.1) is 0 Å². The van der Waals surface area contributed by atoms with Crippen LogP contribution < -0.4 is 5.73 Å². The highest BCUT2D eigenvalue weighted by Crippen LogP contribution is 2.44. The van der Waals surface area contributed by atoms with Crippen LogP contribution in [0.3, 0.4) is 0 Å². The number of nitrogens with two attached hydrogens (primary N) is 1. The van der Waals surface area contributed by atoms with Crippen molar-refractivity contribution in [2.24, 2.45) is 0 Å². The first-order chi connectivity index (χ1) is 13.4. The third kappa shape index (κ3) is 4.69. The van der Waals surface area contributed by atoms with Gasteiger partial charge in [-0.15, -0.1) is 11.8 Å². The fourth-order valence-electron chi connectivity index (χ4n) is 2.87. The number of aryl methyl sites for hydroxylation is 1. The van der Waals surface area contributed by atoms with Crippen LogP contribution in [0.25, 0.3) is 0 Å². The normalized spacial score (nSPS) is 12.0. The van der Waals surface area contributed by atoms with Gasteiger partial charge in [0.1, 0.15) is 5.82 Å². The van der Waals surface area contributed by atoms with E-state index in [9.17, 15) is 9.18 Å². The molecule has 0 saturated heterocycles. The van der Waals surface area contributed by atoms with E-state index in [0.717, 1.165) is 10.5 Å². The van der Waals surface area contributed by atoms with E-state index in [1.807, 2.05) is 25.1 Å². The number of ketones is 1. The summed E-state index contributed by atoms with van der Waals surface area (Å²) in [6.45, 7) is 1.84. The third-order valence-corrected chi connectivity index (χ3v) is 6.43. The van der Waals surface area contributed by atoms with Crippen LogP contribution in [0.15, 0.2) is 65.6 Å². The van der Waals surface area contributed by atoms with Gasteiger partial charge in [0.2, 0.25) is 0 Å². The Morgan fingerprint density at radius 3 is 2.50 bits per heavy atom. The van der Waals surface area contributed by atoms with Gasteiger partial charge in [0.25, 0.3) is 0 Å². The van der Waals surface area contributed by atoms with Crippen LogP contribution >= 0.6 is 35.0 Å². The van der Waals surface area contributed by atoms with Crippen molar-refractivity contribution >= 4 is 46.4 Å². The van der Waals surface area contributed by atoms with E-state index >= 15 is 0 Å². The smallest absolute Gasteiger partial charge is 0.164 e. The highest BCUT2D eigenvalue weighted by atomic mass is 35.5. The van der Waals surface area contributed by atoms with E-state index in [1.165, 1.54) is 17.8 Å². The number of Topliss-reactive ketones (excluding diaryl/α,β-unsaturated/α-hetero) is 1. The Bertz CT molecular complexity index is 1000. The number of carbonyl (C=O) groups excluding carboxylic acids is 1. The quantitative estimate of drug-likeness (QED) is 0.255. The lowest BCUT2D eigenvalue weighted by Crippen LogP contribution is -2.08. The highest BCUT2D eigenvalue weighted by Gasteiger charge is 2.25. The average molecular weight is 434 g/mol. The summed E-state index contributed by atoms with van der Waals surface area (Å²) in [6.07, 6.45) is 0.0702. The summed E-state index contributed by atoms with van der Waals surface area (Å²) in [5.74, 6) is -0.564. The number of hydrogen-bond acceptors (Lipinski definition) is 3. The number of benzene rings is 3. The molecule has 0 spiro atoms. The van der Waals surface area contributed by atoms with Gasteiger partial charge in [0.15, 0.2) is 5.78 Å².